The Bertz CT molecular complexity index is 1750. The van der Waals surface area contributed by atoms with Crippen LogP contribution in [0.3, 0.4) is 0 Å². The van der Waals surface area contributed by atoms with Gasteiger partial charge in [0.15, 0.2) is 0 Å². The predicted molar refractivity (Wildman–Crippen MR) is 185 cm³/mol. The number of unbranched alkanes of at least 4 members (excludes halogenated alkanes) is 1. The van der Waals surface area contributed by atoms with Gasteiger partial charge in [-0.3, -0.25) is 9.59 Å². The molecule has 2 amide bonds. The zero-order valence-electron chi connectivity index (χ0n) is 28.6. The molecule has 2 N–H and O–H groups in total. The minimum Gasteiger partial charge on any atom is -0.349 e. The molecule has 2 aromatic carbocycles. The number of carbonyl (C=O) groups is 2. The Kier molecular flexibility index (Phi) is 10.7. The van der Waals surface area contributed by atoms with Crippen molar-refractivity contribution in [1.29, 1.82) is 0 Å². The molecule has 0 spiro atoms. The number of benzene rings is 2. The van der Waals surface area contributed by atoms with E-state index in [1.165, 1.54) is 12.1 Å². The van der Waals surface area contributed by atoms with Crippen molar-refractivity contribution in [3.05, 3.63) is 112 Å². The number of allylic oxidation sites excluding steroid dienone is 6. The Morgan fingerprint density at radius 3 is 2.35 bits per heavy atom. The molecule has 272 valence electrons. The van der Waals surface area contributed by atoms with Gasteiger partial charge in [-0.1, -0.05) is 67.1 Å². The van der Waals surface area contributed by atoms with Crippen molar-refractivity contribution in [2.24, 2.45) is 0 Å². The molecule has 0 saturated carbocycles. The van der Waals surface area contributed by atoms with E-state index in [2.05, 4.69) is 15.5 Å². The fourth-order valence-corrected chi connectivity index (χ4v) is 8.26. The first-order valence-electron chi connectivity index (χ1n) is 17.7. The van der Waals surface area contributed by atoms with Gasteiger partial charge in [-0.2, -0.15) is 26.3 Å². The molecule has 51 heavy (non-hydrogen) atoms. The summed E-state index contributed by atoms with van der Waals surface area (Å²) in [5.41, 5.74) is 3.71. The van der Waals surface area contributed by atoms with Crippen molar-refractivity contribution in [2.75, 3.05) is 26.2 Å². The molecular weight excluding hydrogens is 668 g/mol. The second-order valence-electron chi connectivity index (χ2n) is 14.0. The lowest BCUT2D eigenvalue weighted by Gasteiger charge is -2.34. The summed E-state index contributed by atoms with van der Waals surface area (Å²) in [6.45, 7) is 2.74. The summed E-state index contributed by atoms with van der Waals surface area (Å²) < 4.78 is 79.0. The molecule has 0 bridgehead atoms. The number of nitrogens with one attached hydrogen (secondary N) is 2. The van der Waals surface area contributed by atoms with E-state index >= 15 is 0 Å². The fourth-order valence-electron chi connectivity index (χ4n) is 8.26. The Morgan fingerprint density at radius 1 is 0.922 bits per heavy atom. The summed E-state index contributed by atoms with van der Waals surface area (Å²) in [7, 11) is 0. The predicted octanol–water partition coefficient (Wildman–Crippen LogP) is 8.55. The molecule has 2 unspecified atom stereocenters. The maximum absolute atomic E-state index is 13.8. The first-order chi connectivity index (χ1) is 24.3. The minimum absolute atomic E-state index is 0.0488. The number of piperidine rings is 1. The quantitative estimate of drug-likeness (QED) is 0.192. The molecule has 6 rings (SSSR count). The molecular formula is C40H43F6N3O2. The van der Waals surface area contributed by atoms with Crippen molar-refractivity contribution >= 4 is 17.4 Å². The van der Waals surface area contributed by atoms with Crippen LogP contribution in [0.2, 0.25) is 0 Å². The molecule has 2 aromatic rings. The topological polar surface area (TPSA) is 61.4 Å². The highest BCUT2D eigenvalue weighted by molar-refractivity contribution is 6.01. The lowest BCUT2D eigenvalue weighted by atomic mass is 9.71. The summed E-state index contributed by atoms with van der Waals surface area (Å²) in [5, 5.41) is 5.39. The van der Waals surface area contributed by atoms with Crippen LogP contribution in [0.1, 0.15) is 86.5 Å². The Morgan fingerprint density at radius 2 is 1.65 bits per heavy atom. The molecule has 2 atom stereocenters. The Labute approximate surface area is 294 Å². The number of likely N-dealkylation sites (tertiary alicyclic amines) is 1. The van der Waals surface area contributed by atoms with Gasteiger partial charge in [-0.05, 0) is 104 Å². The van der Waals surface area contributed by atoms with Crippen LogP contribution >= 0.6 is 0 Å². The minimum atomic E-state index is -4.52. The van der Waals surface area contributed by atoms with Crippen LogP contribution in [0.15, 0.2) is 89.6 Å². The third-order valence-electron chi connectivity index (χ3n) is 10.8. The summed E-state index contributed by atoms with van der Waals surface area (Å²) >= 11 is 0. The van der Waals surface area contributed by atoms with E-state index in [0.29, 0.717) is 30.4 Å². The highest BCUT2D eigenvalue weighted by atomic mass is 19.4. The van der Waals surface area contributed by atoms with Crippen LogP contribution in [-0.2, 0) is 21.2 Å². The lowest BCUT2D eigenvalue weighted by Crippen LogP contribution is -2.47. The number of fused-ring (bicyclic) bond motifs is 2. The van der Waals surface area contributed by atoms with Crippen molar-refractivity contribution < 1.29 is 35.9 Å². The maximum atomic E-state index is 13.8. The number of carbonyl (C=O) groups excluding carboxylic acids is 2. The Hall–Kier alpha value is -4.12. The van der Waals surface area contributed by atoms with Crippen LogP contribution in [0.5, 0.6) is 0 Å². The lowest BCUT2D eigenvalue weighted by molar-refractivity contribution is -0.141. The summed E-state index contributed by atoms with van der Waals surface area (Å²) in [4.78, 5) is 29.7. The van der Waals surface area contributed by atoms with Gasteiger partial charge in [0.2, 0.25) is 11.8 Å². The molecule has 1 saturated heterocycles. The van der Waals surface area contributed by atoms with E-state index in [1.807, 2.05) is 55.5 Å². The van der Waals surface area contributed by atoms with Crippen LogP contribution < -0.4 is 10.6 Å². The van der Waals surface area contributed by atoms with Crippen molar-refractivity contribution in [3.63, 3.8) is 0 Å². The number of nitrogens with zero attached hydrogens (tertiary/aromatic N) is 1. The largest absolute Gasteiger partial charge is 0.416 e. The molecule has 1 aliphatic heterocycles. The van der Waals surface area contributed by atoms with Gasteiger partial charge in [-0.25, -0.2) is 0 Å². The first-order valence-corrected chi connectivity index (χ1v) is 17.7. The number of rotatable bonds is 10. The van der Waals surface area contributed by atoms with E-state index in [4.69, 9.17) is 0 Å². The normalized spacial score (nSPS) is 22.6. The smallest absolute Gasteiger partial charge is 0.349 e. The number of amides is 2. The van der Waals surface area contributed by atoms with E-state index in [-0.39, 0.29) is 17.9 Å². The van der Waals surface area contributed by atoms with Gasteiger partial charge in [0, 0.05) is 30.6 Å². The SMILES string of the molecule is CC1=C(C(=O)NC2CCN(CCCCC3(C(=O)NCC(F)(F)F)C4=C(CCC=C4)c4ccccc43)CC2)C(c2ccc(C(F)(F)F)cc2)CC=C1. The van der Waals surface area contributed by atoms with Gasteiger partial charge >= 0.3 is 12.4 Å². The molecule has 0 aromatic heterocycles. The van der Waals surface area contributed by atoms with E-state index in [0.717, 1.165) is 91.7 Å². The van der Waals surface area contributed by atoms with Crippen LogP contribution in [0, 0.1) is 0 Å². The molecule has 1 heterocycles. The van der Waals surface area contributed by atoms with Crippen LogP contribution in [0.4, 0.5) is 26.3 Å². The van der Waals surface area contributed by atoms with Crippen molar-refractivity contribution in [3.8, 4) is 0 Å². The Balaban J connectivity index is 1.05. The first kappa shape index (κ1) is 36.7. The molecule has 5 nitrogen and oxygen atoms in total. The van der Waals surface area contributed by atoms with E-state index < -0.39 is 35.8 Å². The molecule has 0 radical (unpaired) electrons. The van der Waals surface area contributed by atoms with E-state index in [9.17, 15) is 35.9 Å². The van der Waals surface area contributed by atoms with E-state index in [1.54, 1.807) is 0 Å². The average molecular weight is 712 g/mol. The highest BCUT2D eigenvalue weighted by Crippen LogP contribution is 2.53. The summed E-state index contributed by atoms with van der Waals surface area (Å²) in [6, 6.07) is 12.6. The van der Waals surface area contributed by atoms with Gasteiger partial charge in [0.1, 0.15) is 6.54 Å². The fraction of sp³-hybridized carbons (Fsp3) is 0.450. The zero-order valence-corrected chi connectivity index (χ0v) is 28.6. The molecule has 4 aliphatic rings. The molecule has 11 heteroatoms. The third kappa shape index (κ3) is 7.88. The van der Waals surface area contributed by atoms with Crippen molar-refractivity contribution in [1.82, 2.24) is 15.5 Å². The van der Waals surface area contributed by atoms with Gasteiger partial charge in [0.25, 0.3) is 0 Å². The number of hydrogen-bond donors (Lipinski definition) is 2. The summed E-state index contributed by atoms with van der Waals surface area (Å²) in [5.74, 6) is -1.14. The monoisotopic (exact) mass is 711 g/mol. The average Bonchev–Trinajstić information content (AvgIpc) is 3.39. The van der Waals surface area contributed by atoms with Gasteiger partial charge in [0.05, 0.1) is 11.0 Å². The molecule has 1 fully saturated rings. The standard InChI is InChI=1S/C40H43F6N3O2/c1-26-9-8-12-30(27-15-17-28(18-16-27)40(44,45)46)35(26)36(50)48-29-19-23-49(24-20-29)22-7-6-21-38(37(51)47-25-39(41,42)43)33-13-4-2-10-31(33)32-11-3-5-14-34(32)38/h2,4-5,8-10,13-18,29-30H,3,6-7,11-12,19-25H2,1H3,(H,47,51)(H,48,50). The number of alkyl halides is 6. The summed E-state index contributed by atoms with van der Waals surface area (Å²) in [6.07, 6.45) is 4.15. The van der Waals surface area contributed by atoms with Gasteiger partial charge in [-0.15, -0.1) is 0 Å². The second-order valence-corrected chi connectivity index (χ2v) is 14.0. The third-order valence-corrected chi connectivity index (χ3v) is 10.8. The molecule has 3 aliphatic carbocycles. The second kappa shape index (κ2) is 14.9. The van der Waals surface area contributed by atoms with Crippen LogP contribution in [-0.4, -0.2) is 55.1 Å². The highest BCUT2D eigenvalue weighted by Gasteiger charge is 2.50. The van der Waals surface area contributed by atoms with Gasteiger partial charge < -0.3 is 15.5 Å². The number of halogens is 6. The zero-order chi connectivity index (χ0) is 36.4. The van der Waals surface area contributed by atoms with Crippen molar-refractivity contribution in [2.45, 2.75) is 88.0 Å². The maximum Gasteiger partial charge on any atom is 0.416 e. The number of hydrogen-bond acceptors (Lipinski definition) is 3. The van der Waals surface area contributed by atoms with Crippen LogP contribution in [0.25, 0.3) is 5.57 Å².